The normalized spacial score (nSPS) is 11.3. The van der Waals surface area contributed by atoms with Gasteiger partial charge in [0.2, 0.25) is 5.88 Å². The van der Waals surface area contributed by atoms with Gasteiger partial charge in [0.05, 0.1) is 16.7 Å². The molecule has 1 aromatic heterocycles. The molecule has 31 heavy (non-hydrogen) atoms. The molecule has 158 valence electrons. The Morgan fingerprint density at radius 1 is 1.13 bits per heavy atom. The van der Waals surface area contributed by atoms with E-state index < -0.39 is 22.6 Å². The van der Waals surface area contributed by atoms with E-state index in [0.717, 1.165) is 24.4 Å². The fourth-order valence-corrected chi connectivity index (χ4v) is 2.35. The number of pyridine rings is 1. The lowest BCUT2D eigenvalue weighted by Gasteiger charge is -2.07. The Hall–Kier alpha value is -4.28. The predicted molar refractivity (Wildman–Crippen MR) is 104 cm³/mol. The maximum Gasteiger partial charge on any atom is 0.416 e. The summed E-state index contributed by atoms with van der Waals surface area (Å²) >= 11 is 0. The molecule has 0 radical (unpaired) electrons. The van der Waals surface area contributed by atoms with Crippen molar-refractivity contribution in [3.05, 3.63) is 93.7 Å². The standard InChI is InChI=1S/C20H13F3N4O4/c21-20(22,23)15-3-1-2-14(10-15)19(28)26-25-11-13-4-7-17(8-5-13)31-18-9-6-16(12-24-18)27(29)30/h1-12H,(H,26,28). The zero-order valence-corrected chi connectivity index (χ0v) is 15.5. The number of amides is 1. The zero-order valence-electron chi connectivity index (χ0n) is 15.5. The third-order valence-electron chi connectivity index (χ3n) is 3.87. The van der Waals surface area contributed by atoms with Crippen LogP contribution in [0.15, 0.2) is 72.0 Å². The van der Waals surface area contributed by atoms with Gasteiger partial charge in [-0.15, -0.1) is 0 Å². The van der Waals surface area contributed by atoms with Gasteiger partial charge in [-0.3, -0.25) is 14.9 Å². The highest BCUT2D eigenvalue weighted by Crippen LogP contribution is 2.29. The van der Waals surface area contributed by atoms with E-state index in [9.17, 15) is 28.1 Å². The van der Waals surface area contributed by atoms with E-state index in [1.54, 1.807) is 24.3 Å². The number of nitrogens with one attached hydrogen (secondary N) is 1. The number of nitrogens with zero attached hydrogens (tertiary/aromatic N) is 3. The van der Waals surface area contributed by atoms with Crippen molar-refractivity contribution in [2.24, 2.45) is 5.10 Å². The quantitative estimate of drug-likeness (QED) is 0.350. The first-order chi connectivity index (χ1) is 14.7. The van der Waals surface area contributed by atoms with Crippen LogP contribution in [0.3, 0.4) is 0 Å². The fourth-order valence-electron chi connectivity index (χ4n) is 2.35. The Morgan fingerprint density at radius 2 is 1.87 bits per heavy atom. The van der Waals surface area contributed by atoms with Gasteiger partial charge in [0.1, 0.15) is 11.9 Å². The first kappa shape index (κ1) is 21.4. The number of nitro groups is 1. The van der Waals surface area contributed by atoms with E-state index in [-0.39, 0.29) is 17.1 Å². The van der Waals surface area contributed by atoms with Crippen molar-refractivity contribution in [2.75, 3.05) is 0 Å². The SMILES string of the molecule is O=C(NN=Cc1ccc(Oc2ccc([N+](=O)[O-])cn2)cc1)c1cccc(C(F)(F)F)c1. The van der Waals surface area contributed by atoms with Gasteiger partial charge in [0.25, 0.3) is 11.6 Å². The zero-order chi connectivity index (χ0) is 22.4. The molecule has 0 aliphatic rings. The maximum atomic E-state index is 12.7. The van der Waals surface area contributed by atoms with Gasteiger partial charge < -0.3 is 4.74 Å². The number of hydrazone groups is 1. The molecule has 1 heterocycles. The van der Waals surface area contributed by atoms with Crippen LogP contribution in [-0.4, -0.2) is 22.0 Å². The summed E-state index contributed by atoms with van der Waals surface area (Å²) in [5.74, 6) is -0.210. The van der Waals surface area contributed by atoms with Gasteiger partial charge in [0, 0.05) is 17.7 Å². The largest absolute Gasteiger partial charge is 0.439 e. The minimum Gasteiger partial charge on any atom is -0.439 e. The number of benzene rings is 2. The highest BCUT2D eigenvalue weighted by Gasteiger charge is 2.30. The molecule has 11 heteroatoms. The fraction of sp³-hybridized carbons (Fsp3) is 0.0500. The third kappa shape index (κ3) is 5.85. The van der Waals surface area contributed by atoms with Crippen LogP contribution in [0.5, 0.6) is 11.6 Å². The summed E-state index contributed by atoms with van der Waals surface area (Å²) in [6.45, 7) is 0. The summed E-state index contributed by atoms with van der Waals surface area (Å²) in [4.78, 5) is 25.8. The molecule has 2 aromatic carbocycles. The Morgan fingerprint density at radius 3 is 2.48 bits per heavy atom. The summed E-state index contributed by atoms with van der Waals surface area (Å²) in [7, 11) is 0. The molecule has 0 aliphatic carbocycles. The van der Waals surface area contributed by atoms with Crippen LogP contribution < -0.4 is 10.2 Å². The van der Waals surface area contributed by atoms with Gasteiger partial charge in [-0.05, 0) is 48.0 Å². The van der Waals surface area contributed by atoms with E-state index in [0.29, 0.717) is 11.3 Å². The van der Waals surface area contributed by atoms with Gasteiger partial charge >= 0.3 is 6.18 Å². The predicted octanol–water partition coefficient (Wildman–Crippen LogP) is 4.56. The highest BCUT2D eigenvalue weighted by atomic mass is 19.4. The molecule has 0 atom stereocenters. The molecular weight excluding hydrogens is 417 g/mol. The van der Waals surface area contributed by atoms with Crippen LogP contribution in [0.1, 0.15) is 21.5 Å². The average Bonchev–Trinajstić information content (AvgIpc) is 2.75. The minimum atomic E-state index is -4.55. The summed E-state index contributed by atoms with van der Waals surface area (Å²) < 4.78 is 43.6. The van der Waals surface area contributed by atoms with Crippen molar-refractivity contribution < 1.29 is 27.6 Å². The first-order valence-electron chi connectivity index (χ1n) is 8.61. The monoisotopic (exact) mass is 430 g/mol. The summed E-state index contributed by atoms with van der Waals surface area (Å²) in [5, 5.41) is 14.3. The lowest BCUT2D eigenvalue weighted by atomic mass is 10.1. The third-order valence-corrected chi connectivity index (χ3v) is 3.87. The van der Waals surface area contributed by atoms with Crippen LogP contribution in [0.25, 0.3) is 0 Å². The molecule has 0 saturated carbocycles. The number of ether oxygens (including phenoxy) is 1. The molecule has 0 aliphatic heterocycles. The molecule has 0 fully saturated rings. The number of carbonyl (C=O) groups is 1. The Balaban J connectivity index is 1.58. The van der Waals surface area contributed by atoms with Crippen molar-refractivity contribution in [2.45, 2.75) is 6.18 Å². The summed E-state index contributed by atoms with van der Waals surface area (Å²) in [6.07, 6.45) is -2.17. The Kier molecular flexibility index (Phi) is 6.24. The minimum absolute atomic E-state index is 0.161. The molecule has 1 amide bonds. The molecule has 0 unspecified atom stereocenters. The molecular formula is C20H13F3N4O4. The highest BCUT2D eigenvalue weighted by molar-refractivity contribution is 5.95. The van der Waals surface area contributed by atoms with Gasteiger partial charge in [-0.2, -0.15) is 18.3 Å². The van der Waals surface area contributed by atoms with E-state index >= 15 is 0 Å². The van der Waals surface area contributed by atoms with E-state index in [2.05, 4.69) is 15.5 Å². The number of halogens is 3. The van der Waals surface area contributed by atoms with Gasteiger partial charge in [0.15, 0.2) is 0 Å². The molecule has 0 saturated heterocycles. The number of aromatic nitrogens is 1. The van der Waals surface area contributed by atoms with Crippen LogP contribution in [-0.2, 0) is 6.18 Å². The van der Waals surface area contributed by atoms with Crippen LogP contribution in [0.4, 0.5) is 18.9 Å². The van der Waals surface area contributed by atoms with Crippen molar-refractivity contribution in [3.63, 3.8) is 0 Å². The number of alkyl halides is 3. The van der Waals surface area contributed by atoms with Crippen molar-refractivity contribution >= 4 is 17.8 Å². The summed E-state index contributed by atoms with van der Waals surface area (Å²) in [5.41, 5.74) is 1.47. The van der Waals surface area contributed by atoms with E-state index in [4.69, 9.17) is 4.74 Å². The van der Waals surface area contributed by atoms with Crippen molar-refractivity contribution in [3.8, 4) is 11.6 Å². The second kappa shape index (κ2) is 9.03. The van der Waals surface area contributed by atoms with Crippen LogP contribution >= 0.6 is 0 Å². The molecule has 1 N–H and O–H groups in total. The van der Waals surface area contributed by atoms with E-state index in [1.807, 2.05) is 0 Å². The lowest BCUT2D eigenvalue weighted by molar-refractivity contribution is -0.385. The Labute approximate surface area is 173 Å². The maximum absolute atomic E-state index is 12.7. The summed E-state index contributed by atoms with van der Waals surface area (Å²) in [6, 6.07) is 13.0. The number of carbonyl (C=O) groups excluding carboxylic acids is 1. The van der Waals surface area contributed by atoms with Gasteiger partial charge in [-0.1, -0.05) is 6.07 Å². The number of hydrogen-bond acceptors (Lipinski definition) is 6. The molecule has 0 bridgehead atoms. The van der Waals surface area contributed by atoms with Gasteiger partial charge in [-0.25, -0.2) is 10.4 Å². The molecule has 3 aromatic rings. The molecule has 3 rings (SSSR count). The Bertz CT molecular complexity index is 1110. The van der Waals surface area contributed by atoms with Crippen molar-refractivity contribution in [1.29, 1.82) is 0 Å². The van der Waals surface area contributed by atoms with Crippen molar-refractivity contribution in [1.82, 2.24) is 10.4 Å². The molecule has 8 nitrogen and oxygen atoms in total. The number of rotatable bonds is 6. The second-order valence-electron chi connectivity index (χ2n) is 6.06. The average molecular weight is 430 g/mol. The van der Waals surface area contributed by atoms with Crippen LogP contribution in [0.2, 0.25) is 0 Å². The van der Waals surface area contributed by atoms with Crippen LogP contribution in [0, 0.1) is 10.1 Å². The van der Waals surface area contributed by atoms with E-state index in [1.165, 1.54) is 24.4 Å². The lowest BCUT2D eigenvalue weighted by Crippen LogP contribution is -2.18. The first-order valence-corrected chi connectivity index (χ1v) is 8.61. The second-order valence-corrected chi connectivity index (χ2v) is 6.06. The topological polar surface area (TPSA) is 107 Å². The number of hydrogen-bond donors (Lipinski definition) is 1. The smallest absolute Gasteiger partial charge is 0.416 e. The molecule has 0 spiro atoms.